The van der Waals surface area contributed by atoms with Crippen molar-refractivity contribution in [1.29, 1.82) is 0 Å². The average Bonchev–Trinajstić information content (AvgIpc) is 3.04. The van der Waals surface area contributed by atoms with E-state index in [1.54, 1.807) is 12.5 Å². The topological polar surface area (TPSA) is 59.8 Å². The first kappa shape index (κ1) is 18.1. The van der Waals surface area contributed by atoms with Crippen LogP contribution in [0.25, 0.3) is 26.1 Å². The molecule has 0 aromatic carbocycles. The third-order valence-corrected chi connectivity index (χ3v) is 5.23. The molecule has 1 N–H and O–H groups in total. The van der Waals surface area contributed by atoms with Crippen LogP contribution in [0.15, 0.2) is 53.8 Å². The number of nitrogens with zero attached hydrogens (tertiary/aromatic N) is 3. The van der Waals surface area contributed by atoms with E-state index in [9.17, 15) is 4.79 Å². The van der Waals surface area contributed by atoms with Gasteiger partial charge >= 0.3 is 0 Å². The number of hydrogen-bond acceptors (Lipinski definition) is 5. The molecule has 6 heteroatoms. The zero-order chi connectivity index (χ0) is 18.7. The lowest BCUT2D eigenvalue weighted by molar-refractivity contribution is 0.981. The van der Waals surface area contributed by atoms with Crippen LogP contribution < -0.4 is 10.9 Å². The summed E-state index contributed by atoms with van der Waals surface area (Å²) < 4.78 is 2.08. The van der Waals surface area contributed by atoms with Crippen molar-refractivity contribution in [3.05, 3.63) is 59.3 Å². The van der Waals surface area contributed by atoms with Crippen LogP contribution in [-0.2, 0) is 0 Å². The number of hydrogen-bond donors (Lipinski definition) is 1. The number of rotatable bonds is 6. The average molecular weight is 366 g/mol. The van der Waals surface area contributed by atoms with Gasteiger partial charge in [-0.1, -0.05) is 31.2 Å². The highest BCUT2D eigenvalue weighted by atomic mass is 32.1. The highest BCUT2D eigenvalue weighted by molar-refractivity contribution is 7.25. The van der Waals surface area contributed by atoms with Gasteiger partial charge in [0.15, 0.2) is 0 Å². The molecule has 0 aliphatic heterocycles. The summed E-state index contributed by atoms with van der Waals surface area (Å²) in [5.74, 6) is 0. The molecule has 0 saturated carbocycles. The zero-order valence-corrected chi connectivity index (χ0v) is 16.1. The molecule has 3 heterocycles. The van der Waals surface area contributed by atoms with Gasteiger partial charge in [0.2, 0.25) is 0 Å². The molecule has 0 saturated heterocycles. The Labute approximate surface area is 156 Å². The van der Waals surface area contributed by atoms with Gasteiger partial charge in [0.05, 0.1) is 10.9 Å². The van der Waals surface area contributed by atoms with Gasteiger partial charge in [-0.25, -0.2) is 9.97 Å². The van der Waals surface area contributed by atoms with Crippen LogP contribution in [0.1, 0.15) is 27.2 Å². The fourth-order valence-corrected chi connectivity index (χ4v) is 3.62. The molecule has 0 spiro atoms. The number of nitrogens with one attached hydrogen (secondary N) is 1. The number of aromatic nitrogens is 3. The molecule has 0 amide bonds. The van der Waals surface area contributed by atoms with Crippen molar-refractivity contribution in [3.63, 3.8) is 0 Å². The summed E-state index contributed by atoms with van der Waals surface area (Å²) in [4.78, 5) is 22.7. The molecule has 0 aliphatic rings. The molecular formula is C20H22N4OS. The van der Waals surface area contributed by atoms with Gasteiger partial charge in [-0.2, -0.15) is 0 Å². The Balaban J connectivity index is 2.13. The van der Waals surface area contributed by atoms with Crippen molar-refractivity contribution in [2.45, 2.75) is 27.2 Å². The first-order valence-electron chi connectivity index (χ1n) is 8.59. The largest absolute Gasteiger partial charge is 0.384 e. The molecule has 0 unspecified atom stereocenters. The zero-order valence-electron chi connectivity index (χ0n) is 15.2. The summed E-state index contributed by atoms with van der Waals surface area (Å²) in [6.07, 6.45) is 10.1. The molecule has 5 nitrogen and oxygen atoms in total. The monoisotopic (exact) mass is 366 g/mol. The summed E-state index contributed by atoms with van der Waals surface area (Å²) in [5.41, 5.74) is 3.23. The summed E-state index contributed by atoms with van der Waals surface area (Å²) >= 11 is 1.37. The minimum absolute atomic E-state index is 0.118. The standard InChI is InChI=1S/C20H22N4OS/c1-5-10-21-15-9-11-22-19-16(15)17-18(26-19)20(25)24(12-23-17)14(4)8-7-13(3)6-2/h6-9,11-12H,4-5,10H2,1-3H3,(H,21,22)/b8-7-,13-6-. The molecule has 0 radical (unpaired) electrons. The minimum atomic E-state index is -0.118. The third kappa shape index (κ3) is 3.32. The molecule has 3 rings (SSSR count). The van der Waals surface area contributed by atoms with Crippen LogP contribution in [0.4, 0.5) is 5.69 Å². The molecule has 3 aromatic heterocycles. The third-order valence-electron chi connectivity index (χ3n) is 4.15. The van der Waals surface area contributed by atoms with Crippen molar-refractivity contribution >= 4 is 43.2 Å². The minimum Gasteiger partial charge on any atom is -0.384 e. The van der Waals surface area contributed by atoms with Gasteiger partial charge in [0, 0.05) is 24.1 Å². The molecule has 3 aromatic rings. The fourth-order valence-electron chi connectivity index (χ4n) is 2.57. The van der Waals surface area contributed by atoms with Gasteiger partial charge in [0.1, 0.15) is 15.9 Å². The molecule has 0 fully saturated rings. The maximum atomic E-state index is 13.0. The van der Waals surface area contributed by atoms with Gasteiger partial charge in [0.25, 0.3) is 5.56 Å². The van der Waals surface area contributed by atoms with Crippen LogP contribution in [0, 0.1) is 0 Å². The van der Waals surface area contributed by atoms with Crippen molar-refractivity contribution in [2.75, 3.05) is 11.9 Å². The maximum Gasteiger partial charge on any atom is 0.275 e. The quantitative estimate of drug-likeness (QED) is 0.635. The van der Waals surface area contributed by atoms with Crippen LogP contribution in [0.5, 0.6) is 0 Å². The number of thiophene rings is 1. The Hall–Kier alpha value is -2.73. The second kappa shape index (κ2) is 7.66. The lowest BCUT2D eigenvalue weighted by atomic mass is 10.2. The van der Waals surface area contributed by atoms with Gasteiger partial charge in [-0.15, -0.1) is 11.3 Å². The lowest BCUT2D eigenvalue weighted by Gasteiger charge is -2.07. The van der Waals surface area contributed by atoms with E-state index < -0.39 is 0 Å². The van der Waals surface area contributed by atoms with Gasteiger partial charge in [-0.3, -0.25) is 9.36 Å². The van der Waals surface area contributed by atoms with Crippen LogP contribution in [-0.4, -0.2) is 21.1 Å². The highest BCUT2D eigenvalue weighted by Crippen LogP contribution is 2.34. The number of allylic oxidation sites excluding steroid dienone is 5. The lowest BCUT2D eigenvalue weighted by Crippen LogP contribution is -2.17. The molecule has 0 bridgehead atoms. The predicted molar refractivity (Wildman–Crippen MR) is 112 cm³/mol. The van der Waals surface area contributed by atoms with E-state index >= 15 is 0 Å². The van der Waals surface area contributed by atoms with E-state index in [1.807, 2.05) is 38.1 Å². The molecular weight excluding hydrogens is 344 g/mol. The van der Waals surface area contributed by atoms with Crippen molar-refractivity contribution in [3.8, 4) is 0 Å². The van der Waals surface area contributed by atoms with Gasteiger partial charge in [-0.05, 0) is 32.4 Å². The number of fused-ring (bicyclic) bond motifs is 3. The fraction of sp³-hybridized carbons (Fsp3) is 0.250. The Bertz CT molecular complexity index is 1090. The van der Waals surface area contributed by atoms with Crippen molar-refractivity contribution < 1.29 is 0 Å². The maximum absolute atomic E-state index is 13.0. The first-order valence-corrected chi connectivity index (χ1v) is 9.41. The van der Waals surface area contributed by atoms with Crippen LogP contribution in [0.2, 0.25) is 0 Å². The van der Waals surface area contributed by atoms with E-state index in [4.69, 9.17) is 0 Å². The summed E-state index contributed by atoms with van der Waals surface area (Å²) in [6, 6.07) is 1.93. The summed E-state index contributed by atoms with van der Waals surface area (Å²) in [7, 11) is 0. The highest BCUT2D eigenvalue weighted by Gasteiger charge is 2.15. The number of pyridine rings is 1. The molecule has 0 atom stereocenters. The van der Waals surface area contributed by atoms with E-state index in [1.165, 1.54) is 15.9 Å². The Morgan fingerprint density at radius 1 is 1.38 bits per heavy atom. The Morgan fingerprint density at radius 3 is 2.92 bits per heavy atom. The second-order valence-electron chi connectivity index (χ2n) is 6.02. The number of anilines is 1. The van der Waals surface area contributed by atoms with E-state index in [-0.39, 0.29) is 5.56 Å². The summed E-state index contributed by atoms with van der Waals surface area (Å²) in [5, 5.41) is 4.31. The van der Waals surface area contributed by atoms with E-state index in [0.29, 0.717) is 15.9 Å². The predicted octanol–water partition coefficient (Wildman–Crippen LogP) is 4.82. The van der Waals surface area contributed by atoms with E-state index in [0.717, 1.165) is 34.4 Å². The second-order valence-corrected chi connectivity index (χ2v) is 7.02. The molecule has 26 heavy (non-hydrogen) atoms. The molecule has 134 valence electrons. The van der Waals surface area contributed by atoms with Crippen LogP contribution in [0.3, 0.4) is 0 Å². The SMILES string of the molecule is C=C(/C=C\C(C)=C/C)n1cnc2c(sc3nccc(NCCC)c32)c1=O. The van der Waals surface area contributed by atoms with Crippen molar-refractivity contribution in [2.24, 2.45) is 0 Å². The molecule has 0 aliphatic carbocycles. The van der Waals surface area contributed by atoms with Crippen molar-refractivity contribution in [1.82, 2.24) is 14.5 Å². The smallest absolute Gasteiger partial charge is 0.275 e. The Kier molecular flexibility index (Phi) is 5.32. The van der Waals surface area contributed by atoms with Crippen LogP contribution >= 0.6 is 11.3 Å². The Morgan fingerprint density at radius 2 is 2.19 bits per heavy atom. The summed E-state index contributed by atoms with van der Waals surface area (Å²) in [6.45, 7) is 10.9. The first-order chi connectivity index (χ1) is 12.6. The van der Waals surface area contributed by atoms with Gasteiger partial charge < -0.3 is 5.32 Å². The van der Waals surface area contributed by atoms with E-state index in [2.05, 4.69) is 28.8 Å². The normalized spacial score (nSPS) is 12.3.